The number of methoxy groups -OCH3 is 1. The van der Waals surface area contributed by atoms with Crippen LogP contribution >= 0.6 is 0 Å². The van der Waals surface area contributed by atoms with E-state index in [1.54, 1.807) is 11.9 Å². The largest absolute Gasteiger partial charge is 0.382 e. The fourth-order valence-electron chi connectivity index (χ4n) is 0.808. The van der Waals surface area contributed by atoms with Crippen LogP contribution in [0, 0.1) is 0 Å². The third kappa shape index (κ3) is 1.91. The first-order chi connectivity index (χ1) is 5.24. The lowest BCUT2D eigenvalue weighted by molar-refractivity contribution is 0.150. The average molecular weight is 156 g/mol. The van der Waals surface area contributed by atoms with Crippen LogP contribution in [0.4, 0.5) is 5.82 Å². The number of anilines is 1. The lowest BCUT2D eigenvalue weighted by Gasteiger charge is -2.07. The summed E-state index contributed by atoms with van der Waals surface area (Å²) in [5.41, 5.74) is 5.38. The minimum absolute atomic E-state index is 0.136. The van der Waals surface area contributed by atoms with Gasteiger partial charge in [0, 0.05) is 7.11 Å². The van der Waals surface area contributed by atoms with Crippen molar-refractivity contribution in [1.29, 1.82) is 0 Å². The summed E-state index contributed by atoms with van der Waals surface area (Å²) in [5.74, 6) is 0.438. The molecular formula is C6H12N4O. The van der Waals surface area contributed by atoms with Crippen LogP contribution in [0.25, 0.3) is 0 Å². The summed E-state index contributed by atoms with van der Waals surface area (Å²) in [4.78, 5) is 1.54. The van der Waals surface area contributed by atoms with Gasteiger partial charge in [-0.15, -0.1) is 5.10 Å². The zero-order chi connectivity index (χ0) is 8.27. The highest BCUT2D eigenvalue weighted by molar-refractivity contribution is 5.19. The van der Waals surface area contributed by atoms with E-state index in [-0.39, 0.29) is 6.04 Å². The molecular weight excluding hydrogens is 144 g/mol. The SMILES string of the molecule is COCC(C)n1ncc(N)n1. The van der Waals surface area contributed by atoms with E-state index in [4.69, 9.17) is 10.5 Å². The molecule has 0 aliphatic heterocycles. The number of hydrogen-bond acceptors (Lipinski definition) is 4. The lowest BCUT2D eigenvalue weighted by Crippen LogP contribution is -2.14. The summed E-state index contributed by atoms with van der Waals surface area (Å²) in [7, 11) is 1.64. The van der Waals surface area contributed by atoms with Gasteiger partial charge in [-0.25, -0.2) is 0 Å². The maximum atomic E-state index is 5.38. The van der Waals surface area contributed by atoms with Crippen molar-refractivity contribution < 1.29 is 4.74 Å². The van der Waals surface area contributed by atoms with E-state index in [9.17, 15) is 0 Å². The number of rotatable bonds is 3. The van der Waals surface area contributed by atoms with Crippen LogP contribution in [-0.4, -0.2) is 28.7 Å². The van der Waals surface area contributed by atoms with Crippen molar-refractivity contribution in [1.82, 2.24) is 15.0 Å². The monoisotopic (exact) mass is 156 g/mol. The second-order valence-corrected chi connectivity index (χ2v) is 2.39. The van der Waals surface area contributed by atoms with E-state index in [1.807, 2.05) is 6.92 Å². The second-order valence-electron chi connectivity index (χ2n) is 2.39. The summed E-state index contributed by atoms with van der Waals surface area (Å²) < 4.78 is 4.93. The molecule has 0 aromatic carbocycles. The molecule has 2 N–H and O–H groups in total. The summed E-state index contributed by atoms with van der Waals surface area (Å²) in [6, 6.07) is 0.136. The molecule has 0 amide bonds. The Morgan fingerprint density at radius 2 is 2.55 bits per heavy atom. The Labute approximate surface area is 65.1 Å². The molecule has 0 saturated carbocycles. The maximum Gasteiger partial charge on any atom is 0.165 e. The van der Waals surface area contributed by atoms with Crippen molar-refractivity contribution in [2.24, 2.45) is 0 Å². The number of nitrogens with zero attached hydrogens (tertiary/aromatic N) is 3. The van der Waals surface area contributed by atoms with E-state index in [0.717, 1.165) is 0 Å². The zero-order valence-electron chi connectivity index (χ0n) is 6.69. The molecule has 1 aromatic rings. The van der Waals surface area contributed by atoms with Crippen LogP contribution < -0.4 is 5.73 Å². The van der Waals surface area contributed by atoms with Gasteiger partial charge in [-0.1, -0.05) is 0 Å². The van der Waals surface area contributed by atoms with E-state index >= 15 is 0 Å². The highest BCUT2D eigenvalue weighted by Gasteiger charge is 2.05. The van der Waals surface area contributed by atoms with Gasteiger partial charge < -0.3 is 10.5 Å². The molecule has 0 radical (unpaired) electrons. The first-order valence-electron chi connectivity index (χ1n) is 3.40. The fraction of sp³-hybridized carbons (Fsp3) is 0.667. The van der Waals surface area contributed by atoms with Crippen LogP contribution in [0.15, 0.2) is 6.20 Å². The van der Waals surface area contributed by atoms with Crippen molar-refractivity contribution in [3.8, 4) is 0 Å². The van der Waals surface area contributed by atoms with Crippen molar-refractivity contribution in [3.63, 3.8) is 0 Å². The highest BCUT2D eigenvalue weighted by Crippen LogP contribution is 2.02. The second kappa shape index (κ2) is 3.34. The van der Waals surface area contributed by atoms with E-state index in [2.05, 4.69) is 10.2 Å². The molecule has 0 aliphatic rings. The number of nitrogens with two attached hydrogens (primary N) is 1. The summed E-state index contributed by atoms with van der Waals surface area (Å²) in [6.07, 6.45) is 1.52. The summed E-state index contributed by atoms with van der Waals surface area (Å²) in [6.45, 7) is 2.55. The fourth-order valence-corrected chi connectivity index (χ4v) is 0.808. The maximum absolute atomic E-state index is 5.38. The van der Waals surface area contributed by atoms with E-state index < -0.39 is 0 Å². The Bertz CT molecular complexity index is 222. The van der Waals surface area contributed by atoms with Gasteiger partial charge in [0.25, 0.3) is 0 Å². The molecule has 1 heterocycles. The minimum Gasteiger partial charge on any atom is -0.382 e. The molecule has 1 rings (SSSR count). The van der Waals surface area contributed by atoms with Crippen molar-refractivity contribution in [2.45, 2.75) is 13.0 Å². The molecule has 5 nitrogen and oxygen atoms in total. The predicted octanol–water partition coefficient (Wildman–Crippen LogP) is 0.0677. The first-order valence-corrected chi connectivity index (χ1v) is 3.40. The third-order valence-electron chi connectivity index (χ3n) is 1.33. The van der Waals surface area contributed by atoms with Crippen molar-refractivity contribution in [2.75, 3.05) is 19.5 Å². The summed E-state index contributed by atoms with van der Waals surface area (Å²) in [5, 5.41) is 7.87. The Hall–Kier alpha value is -1.10. The summed E-state index contributed by atoms with van der Waals surface area (Å²) >= 11 is 0. The molecule has 62 valence electrons. The molecule has 11 heavy (non-hydrogen) atoms. The third-order valence-corrected chi connectivity index (χ3v) is 1.33. The zero-order valence-corrected chi connectivity index (χ0v) is 6.69. The number of ether oxygens (including phenoxy) is 1. The normalized spacial score (nSPS) is 13.3. The van der Waals surface area contributed by atoms with Gasteiger partial charge in [-0.05, 0) is 6.92 Å². The Balaban J connectivity index is 2.60. The lowest BCUT2D eigenvalue weighted by atomic mass is 10.4. The molecule has 5 heteroatoms. The van der Waals surface area contributed by atoms with Crippen LogP contribution in [0.2, 0.25) is 0 Å². The first kappa shape index (κ1) is 8.00. The van der Waals surface area contributed by atoms with Gasteiger partial charge in [0.05, 0.1) is 18.8 Å². The average Bonchev–Trinajstić information content (AvgIpc) is 2.36. The number of hydrogen-bond donors (Lipinski definition) is 1. The molecule has 0 aliphatic carbocycles. The van der Waals surface area contributed by atoms with E-state index in [0.29, 0.717) is 12.4 Å². The molecule has 0 spiro atoms. The van der Waals surface area contributed by atoms with Crippen molar-refractivity contribution in [3.05, 3.63) is 6.20 Å². The predicted molar refractivity (Wildman–Crippen MR) is 41.0 cm³/mol. The minimum atomic E-state index is 0.136. The van der Waals surface area contributed by atoms with Gasteiger partial charge in [0.15, 0.2) is 5.82 Å². The molecule has 1 unspecified atom stereocenters. The molecule has 0 saturated heterocycles. The molecule has 1 aromatic heterocycles. The van der Waals surface area contributed by atoms with Gasteiger partial charge in [0.1, 0.15) is 0 Å². The Morgan fingerprint density at radius 3 is 3.00 bits per heavy atom. The van der Waals surface area contributed by atoms with Gasteiger partial charge in [-0.3, -0.25) is 0 Å². The Morgan fingerprint density at radius 1 is 1.82 bits per heavy atom. The van der Waals surface area contributed by atoms with Crippen molar-refractivity contribution >= 4 is 5.82 Å². The van der Waals surface area contributed by atoms with Gasteiger partial charge in [-0.2, -0.15) is 9.90 Å². The highest BCUT2D eigenvalue weighted by atomic mass is 16.5. The quantitative estimate of drug-likeness (QED) is 0.672. The topological polar surface area (TPSA) is 66.0 Å². The molecule has 1 atom stereocenters. The van der Waals surface area contributed by atoms with Crippen LogP contribution in [0.1, 0.15) is 13.0 Å². The molecule has 0 fully saturated rings. The van der Waals surface area contributed by atoms with E-state index in [1.165, 1.54) is 6.20 Å². The standard InChI is InChI=1S/C6H12N4O/c1-5(4-11-2)10-8-3-6(7)9-10/h3,5H,4H2,1-2H3,(H2,7,9). The van der Waals surface area contributed by atoms with Crippen LogP contribution in [0.3, 0.4) is 0 Å². The molecule has 0 bridgehead atoms. The number of aromatic nitrogens is 3. The van der Waals surface area contributed by atoms with Crippen LogP contribution in [0.5, 0.6) is 0 Å². The number of nitrogen functional groups attached to an aromatic ring is 1. The smallest absolute Gasteiger partial charge is 0.165 e. The van der Waals surface area contributed by atoms with Gasteiger partial charge in [0.2, 0.25) is 0 Å². The van der Waals surface area contributed by atoms with Gasteiger partial charge >= 0.3 is 0 Å². The van der Waals surface area contributed by atoms with Crippen LogP contribution in [-0.2, 0) is 4.74 Å². The Kier molecular flexibility index (Phi) is 2.43.